The number of nitrogens with one attached hydrogen (secondary N) is 2. The molecule has 2 aromatic rings. The molecule has 2 amide bonds. The molecule has 0 aliphatic carbocycles. The van der Waals surface area contributed by atoms with E-state index < -0.39 is 0 Å². The first kappa shape index (κ1) is 20.6. The molecule has 5 nitrogen and oxygen atoms in total. The zero-order chi connectivity index (χ0) is 19.5. The molecule has 0 saturated carbocycles. The second-order valence-electron chi connectivity index (χ2n) is 6.75. The van der Waals surface area contributed by atoms with Crippen LogP contribution in [0.3, 0.4) is 0 Å². The van der Waals surface area contributed by atoms with E-state index in [2.05, 4.69) is 34.7 Å². The number of hydrogen-bond donors (Lipinski definition) is 2. The smallest absolute Gasteiger partial charge is 0.251 e. The molecule has 0 unspecified atom stereocenters. The van der Waals surface area contributed by atoms with Gasteiger partial charge in [0.1, 0.15) is 0 Å². The van der Waals surface area contributed by atoms with E-state index in [1.807, 2.05) is 43.3 Å². The molecule has 0 radical (unpaired) electrons. The van der Waals surface area contributed by atoms with Crippen molar-refractivity contribution in [1.82, 2.24) is 15.5 Å². The molecular formula is C22H29N3O2. The van der Waals surface area contributed by atoms with Crippen molar-refractivity contribution in [1.29, 1.82) is 0 Å². The summed E-state index contributed by atoms with van der Waals surface area (Å²) in [6.45, 7) is 4.70. The molecular weight excluding hydrogens is 338 g/mol. The first-order chi connectivity index (χ1) is 13.1. The molecule has 0 fully saturated rings. The lowest BCUT2D eigenvalue weighted by Crippen LogP contribution is -2.32. The summed E-state index contributed by atoms with van der Waals surface area (Å²) in [6, 6.07) is 17.8. The molecule has 0 heterocycles. The van der Waals surface area contributed by atoms with Gasteiger partial charge in [0.2, 0.25) is 5.91 Å². The quantitative estimate of drug-likeness (QED) is 0.635. The van der Waals surface area contributed by atoms with E-state index in [1.165, 1.54) is 5.56 Å². The second kappa shape index (κ2) is 11.1. The summed E-state index contributed by atoms with van der Waals surface area (Å²) in [5.41, 5.74) is 2.87. The summed E-state index contributed by atoms with van der Waals surface area (Å²) in [4.78, 5) is 26.2. The van der Waals surface area contributed by atoms with Crippen LogP contribution in [0.2, 0.25) is 0 Å². The highest BCUT2D eigenvalue weighted by Gasteiger charge is 2.08. The van der Waals surface area contributed by atoms with E-state index in [0.717, 1.165) is 25.1 Å². The number of rotatable bonds is 10. The van der Waals surface area contributed by atoms with E-state index in [9.17, 15) is 9.59 Å². The van der Waals surface area contributed by atoms with E-state index >= 15 is 0 Å². The van der Waals surface area contributed by atoms with E-state index in [0.29, 0.717) is 18.7 Å². The highest BCUT2D eigenvalue weighted by Crippen LogP contribution is 2.06. The van der Waals surface area contributed by atoms with Gasteiger partial charge in [0.15, 0.2) is 0 Å². The van der Waals surface area contributed by atoms with Crippen LogP contribution in [0.25, 0.3) is 0 Å². The first-order valence-electron chi connectivity index (χ1n) is 9.39. The van der Waals surface area contributed by atoms with Crippen LogP contribution < -0.4 is 10.6 Å². The molecule has 0 atom stereocenters. The van der Waals surface area contributed by atoms with Crippen molar-refractivity contribution in [2.24, 2.45) is 0 Å². The molecule has 0 bridgehead atoms. The van der Waals surface area contributed by atoms with Gasteiger partial charge in [0.25, 0.3) is 5.91 Å². The lowest BCUT2D eigenvalue weighted by molar-refractivity contribution is -0.120. The van der Waals surface area contributed by atoms with Gasteiger partial charge in [-0.1, -0.05) is 48.5 Å². The van der Waals surface area contributed by atoms with Crippen LogP contribution in [0.5, 0.6) is 0 Å². The van der Waals surface area contributed by atoms with Crippen molar-refractivity contribution in [3.63, 3.8) is 0 Å². The largest absolute Gasteiger partial charge is 0.356 e. The van der Waals surface area contributed by atoms with Crippen LogP contribution in [0.4, 0.5) is 0 Å². The third kappa shape index (κ3) is 7.62. The van der Waals surface area contributed by atoms with Crippen molar-refractivity contribution in [2.45, 2.75) is 26.3 Å². The number of carbonyl (C=O) groups excluding carboxylic acids is 2. The number of hydrogen-bond acceptors (Lipinski definition) is 3. The Hall–Kier alpha value is -2.66. The van der Waals surface area contributed by atoms with Gasteiger partial charge in [-0.25, -0.2) is 0 Å². The average Bonchev–Trinajstić information content (AvgIpc) is 2.66. The molecule has 0 spiro atoms. The van der Waals surface area contributed by atoms with E-state index in [-0.39, 0.29) is 18.2 Å². The van der Waals surface area contributed by atoms with Crippen LogP contribution in [0.15, 0.2) is 54.6 Å². The topological polar surface area (TPSA) is 61.4 Å². The number of nitrogens with zero attached hydrogens (tertiary/aromatic N) is 1. The monoisotopic (exact) mass is 367 g/mol. The normalized spacial score (nSPS) is 10.6. The summed E-state index contributed by atoms with van der Waals surface area (Å²) < 4.78 is 0. The number of amides is 2. The molecule has 0 aliphatic heterocycles. The molecule has 2 aromatic carbocycles. The summed E-state index contributed by atoms with van der Waals surface area (Å²) in [5, 5.41) is 5.71. The van der Waals surface area contributed by atoms with E-state index in [4.69, 9.17) is 0 Å². The molecule has 5 heteroatoms. The molecule has 27 heavy (non-hydrogen) atoms. The minimum Gasteiger partial charge on any atom is -0.356 e. The third-order valence-corrected chi connectivity index (χ3v) is 4.36. The maximum atomic E-state index is 12.1. The lowest BCUT2D eigenvalue weighted by Gasteiger charge is -2.16. The molecule has 0 saturated heterocycles. The van der Waals surface area contributed by atoms with Gasteiger partial charge in [-0.15, -0.1) is 0 Å². The van der Waals surface area contributed by atoms with Crippen molar-refractivity contribution in [3.05, 3.63) is 71.3 Å². The Labute approximate surface area is 161 Å². The summed E-state index contributed by atoms with van der Waals surface area (Å²) in [7, 11) is 2.08. The molecule has 144 valence electrons. The molecule has 0 aliphatic rings. The Morgan fingerprint density at radius 1 is 0.926 bits per heavy atom. The predicted octanol–water partition coefficient (Wildman–Crippen LogP) is 2.75. The predicted molar refractivity (Wildman–Crippen MR) is 109 cm³/mol. The van der Waals surface area contributed by atoms with Crippen LogP contribution in [0.1, 0.15) is 34.3 Å². The first-order valence-corrected chi connectivity index (χ1v) is 9.39. The summed E-state index contributed by atoms with van der Waals surface area (Å²) >= 11 is 0. The Balaban J connectivity index is 1.56. The van der Waals surface area contributed by atoms with Gasteiger partial charge in [0.05, 0.1) is 0 Å². The Morgan fingerprint density at radius 3 is 2.37 bits per heavy atom. The van der Waals surface area contributed by atoms with Crippen molar-refractivity contribution >= 4 is 11.8 Å². The van der Waals surface area contributed by atoms with Crippen LogP contribution >= 0.6 is 0 Å². The zero-order valence-electron chi connectivity index (χ0n) is 16.2. The summed E-state index contributed by atoms with van der Waals surface area (Å²) in [5.74, 6) is -0.172. The summed E-state index contributed by atoms with van der Waals surface area (Å²) in [6.07, 6.45) is 1.18. The maximum Gasteiger partial charge on any atom is 0.251 e. The SMILES string of the molecule is Cc1ccccc1C(=O)NCCC(=O)NCCCN(C)Cc1ccccc1. The number of benzene rings is 2. The maximum absolute atomic E-state index is 12.1. The number of aryl methyl sites for hydroxylation is 1. The molecule has 0 aromatic heterocycles. The Kier molecular flexibility index (Phi) is 8.52. The van der Waals surface area contributed by atoms with Crippen LogP contribution in [-0.4, -0.2) is 43.4 Å². The highest BCUT2D eigenvalue weighted by molar-refractivity contribution is 5.95. The van der Waals surface area contributed by atoms with Gasteiger partial charge in [0, 0.05) is 31.6 Å². The zero-order valence-corrected chi connectivity index (χ0v) is 16.2. The average molecular weight is 367 g/mol. The molecule has 2 rings (SSSR count). The minimum absolute atomic E-state index is 0.0363. The Morgan fingerprint density at radius 2 is 1.63 bits per heavy atom. The number of carbonyl (C=O) groups is 2. The van der Waals surface area contributed by atoms with E-state index in [1.54, 1.807) is 6.07 Å². The highest BCUT2D eigenvalue weighted by atomic mass is 16.2. The van der Waals surface area contributed by atoms with Gasteiger partial charge in [-0.3, -0.25) is 9.59 Å². The fraction of sp³-hybridized carbons (Fsp3) is 0.364. The van der Waals surface area contributed by atoms with Gasteiger partial charge >= 0.3 is 0 Å². The van der Waals surface area contributed by atoms with Crippen LogP contribution in [-0.2, 0) is 11.3 Å². The van der Waals surface area contributed by atoms with Crippen molar-refractivity contribution < 1.29 is 9.59 Å². The van der Waals surface area contributed by atoms with Gasteiger partial charge < -0.3 is 15.5 Å². The van der Waals surface area contributed by atoms with Crippen molar-refractivity contribution in [2.75, 3.05) is 26.7 Å². The van der Waals surface area contributed by atoms with Gasteiger partial charge in [-0.2, -0.15) is 0 Å². The van der Waals surface area contributed by atoms with Gasteiger partial charge in [-0.05, 0) is 44.1 Å². The second-order valence-corrected chi connectivity index (χ2v) is 6.75. The van der Waals surface area contributed by atoms with Crippen LogP contribution in [0, 0.1) is 6.92 Å². The fourth-order valence-electron chi connectivity index (χ4n) is 2.85. The molecule has 2 N–H and O–H groups in total. The Bertz CT molecular complexity index is 731. The lowest BCUT2D eigenvalue weighted by atomic mass is 10.1. The third-order valence-electron chi connectivity index (χ3n) is 4.36. The fourth-order valence-corrected chi connectivity index (χ4v) is 2.85. The van der Waals surface area contributed by atoms with Crippen molar-refractivity contribution in [3.8, 4) is 0 Å². The minimum atomic E-state index is -0.136. The standard InChI is InChI=1S/C22H29N3O2/c1-18-9-6-7-12-20(18)22(27)24-15-13-21(26)23-14-8-16-25(2)17-19-10-4-3-5-11-19/h3-7,9-12H,8,13-17H2,1-2H3,(H,23,26)(H,24,27).